The molecule has 1 saturated heterocycles. The standard InChI is InChI=1S/C17H26N8O2/c1-23(2)13(26)11-24-7-9-25(10-8-24)17-16(18-12-5-3-4-6-12)19-14-15(20-17)22-27-21-14/h12H,3-11H2,1-2H3,(H,18,19,21). The Morgan fingerprint density at radius 1 is 1.11 bits per heavy atom. The summed E-state index contributed by atoms with van der Waals surface area (Å²) in [6.45, 7) is 3.63. The molecule has 2 aromatic rings. The van der Waals surface area contributed by atoms with Crippen LogP contribution in [0.4, 0.5) is 11.6 Å². The van der Waals surface area contributed by atoms with Gasteiger partial charge in [-0.25, -0.2) is 14.6 Å². The first-order valence-corrected chi connectivity index (χ1v) is 9.54. The number of anilines is 2. The molecule has 4 rings (SSSR count). The van der Waals surface area contributed by atoms with Gasteiger partial charge in [0.2, 0.25) is 17.2 Å². The van der Waals surface area contributed by atoms with E-state index in [2.05, 4.69) is 35.4 Å². The number of nitrogens with zero attached hydrogens (tertiary/aromatic N) is 7. The summed E-state index contributed by atoms with van der Waals surface area (Å²) < 4.78 is 4.79. The zero-order chi connectivity index (χ0) is 18.8. The first-order valence-electron chi connectivity index (χ1n) is 9.54. The molecule has 1 aliphatic heterocycles. The fourth-order valence-corrected chi connectivity index (χ4v) is 3.66. The average Bonchev–Trinajstić information content (AvgIpc) is 3.33. The monoisotopic (exact) mass is 374 g/mol. The number of hydrogen-bond donors (Lipinski definition) is 1. The number of hydrogen-bond acceptors (Lipinski definition) is 9. The minimum atomic E-state index is 0.127. The molecule has 10 heteroatoms. The topological polar surface area (TPSA) is 104 Å². The predicted molar refractivity (Wildman–Crippen MR) is 101 cm³/mol. The number of nitrogens with one attached hydrogen (secondary N) is 1. The van der Waals surface area contributed by atoms with Crippen molar-refractivity contribution in [3.63, 3.8) is 0 Å². The van der Waals surface area contributed by atoms with Crippen LogP contribution in [0.2, 0.25) is 0 Å². The largest absolute Gasteiger partial charge is 0.364 e. The highest BCUT2D eigenvalue weighted by Crippen LogP contribution is 2.29. The quantitative estimate of drug-likeness (QED) is 0.804. The molecular formula is C17H26N8O2. The van der Waals surface area contributed by atoms with Gasteiger partial charge >= 0.3 is 0 Å². The van der Waals surface area contributed by atoms with Crippen LogP contribution in [0.15, 0.2) is 4.63 Å². The van der Waals surface area contributed by atoms with E-state index in [1.165, 1.54) is 12.8 Å². The Kier molecular flexibility index (Phi) is 5.06. The molecule has 0 bridgehead atoms. The van der Waals surface area contributed by atoms with Crippen LogP contribution in [0, 0.1) is 0 Å². The third kappa shape index (κ3) is 3.95. The predicted octanol–water partition coefficient (Wildman–Crippen LogP) is 0.578. The molecule has 1 aliphatic carbocycles. The molecule has 0 radical (unpaired) electrons. The smallest absolute Gasteiger partial charge is 0.245 e. The van der Waals surface area contributed by atoms with Gasteiger partial charge in [-0.05, 0) is 23.2 Å². The van der Waals surface area contributed by atoms with Crippen molar-refractivity contribution in [2.24, 2.45) is 0 Å². The molecule has 1 N–H and O–H groups in total. The molecule has 2 fully saturated rings. The number of amides is 1. The van der Waals surface area contributed by atoms with Crippen LogP contribution in [-0.2, 0) is 4.79 Å². The second-order valence-corrected chi connectivity index (χ2v) is 7.48. The molecule has 27 heavy (non-hydrogen) atoms. The van der Waals surface area contributed by atoms with E-state index in [4.69, 9.17) is 4.63 Å². The lowest BCUT2D eigenvalue weighted by Crippen LogP contribution is -2.49. The molecule has 1 amide bonds. The second kappa shape index (κ2) is 7.63. The highest BCUT2D eigenvalue weighted by Gasteiger charge is 2.26. The molecule has 0 spiro atoms. The lowest BCUT2D eigenvalue weighted by Gasteiger charge is -2.36. The number of piperazine rings is 1. The second-order valence-electron chi connectivity index (χ2n) is 7.48. The molecule has 10 nitrogen and oxygen atoms in total. The lowest BCUT2D eigenvalue weighted by molar-refractivity contribution is -0.129. The summed E-state index contributed by atoms with van der Waals surface area (Å²) in [6, 6.07) is 0.425. The maximum absolute atomic E-state index is 11.9. The summed E-state index contributed by atoms with van der Waals surface area (Å²) >= 11 is 0. The molecule has 0 aromatic carbocycles. The van der Waals surface area contributed by atoms with E-state index >= 15 is 0 Å². The Morgan fingerprint density at radius 3 is 2.44 bits per heavy atom. The van der Waals surface area contributed by atoms with E-state index in [9.17, 15) is 4.79 Å². The number of carbonyl (C=O) groups is 1. The van der Waals surface area contributed by atoms with Gasteiger partial charge in [-0.3, -0.25) is 9.69 Å². The van der Waals surface area contributed by atoms with Crippen LogP contribution >= 0.6 is 0 Å². The maximum atomic E-state index is 11.9. The molecule has 3 heterocycles. The van der Waals surface area contributed by atoms with Gasteiger partial charge in [0.1, 0.15) is 0 Å². The Morgan fingerprint density at radius 2 is 1.78 bits per heavy atom. The van der Waals surface area contributed by atoms with Gasteiger partial charge in [0.15, 0.2) is 11.6 Å². The fraction of sp³-hybridized carbons (Fsp3) is 0.706. The molecule has 0 unspecified atom stereocenters. The molecule has 1 saturated carbocycles. The van der Waals surface area contributed by atoms with E-state index in [-0.39, 0.29) is 5.91 Å². The Labute approximate surface area is 157 Å². The number of likely N-dealkylation sites (N-methyl/N-ethyl adjacent to an activating group) is 1. The van der Waals surface area contributed by atoms with E-state index in [1.807, 2.05) is 0 Å². The van der Waals surface area contributed by atoms with Gasteiger partial charge in [-0.1, -0.05) is 12.8 Å². The van der Waals surface area contributed by atoms with E-state index < -0.39 is 0 Å². The van der Waals surface area contributed by atoms with E-state index in [0.29, 0.717) is 23.9 Å². The number of fused-ring (bicyclic) bond motifs is 1. The summed E-state index contributed by atoms with van der Waals surface area (Å²) in [5.41, 5.74) is 0.849. The average molecular weight is 374 g/mol. The van der Waals surface area contributed by atoms with Crippen LogP contribution in [0.3, 0.4) is 0 Å². The van der Waals surface area contributed by atoms with Crippen molar-refractivity contribution in [3.05, 3.63) is 0 Å². The van der Waals surface area contributed by atoms with Crippen molar-refractivity contribution in [2.45, 2.75) is 31.7 Å². The Balaban J connectivity index is 1.49. The minimum Gasteiger partial charge on any atom is -0.364 e. The zero-order valence-corrected chi connectivity index (χ0v) is 15.9. The first-order chi connectivity index (χ1) is 13.1. The Hall–Kier alpha value is -2.49. The highest BCUT2D eigenvalue weighted by molar-refractivity contribution is 5.78. The minimum absolute atomic E-state index is 0.127. The van der Waals surface area contributed by atoms with Crippen molar-refractivity contribution in [3.8, 4) is 0 Å². The summed E-state index contributed by atoms with van der Waals surface area (Å²) in [6.07, 6.45) is 4.78. The van der Waals surface area contributed by atoms with Gasteiger partial charge in [0.05, 0.1) is 6.54 Å². The SMILES string of the molecule is CN(C)C(=O)CN1CCN(c2nc3nonc3nc2NC2CCCC2)CC1. The van der Waals surface area contributed by atoms with Crippen LogP contribution in [0.25, 0.3) is 11.3 Å². The lowest BCUT2D eigenvalue weighted by atomic mass is 10.2. The van der Waals surface area contributed by atoms with Gasteiger partial charge in [-0.15, -0.1) is 0 Å². The normalized spacial score (nSPS) is 19.0. The summed E-state index contributed by atoms with van der Waals surface area (Å²) in [7, 11) is 3.58. The number of aromatic nitrogens is 4. The van der Waals surface area contributed by atoms with Crippen LogP contribution in [-0.4, -0.2) is 88.8 Å². The van der Waals surface area contributed by atoms with Crippen LogP contribution in [0.1, 0.15) is 25.7 Å². The van der Waals surface area contributed by atoms with Crippen molar-refractivity contribution in [1.82, 2.24) is 30.1 Å². The van der Waals surface area contributed by atoms with Gasteiger partial charge in [0.25, 0.3) is 0 Å². The van der Waals surface area contributed by atoms with Crippen molar-refractivity contribution < 1.29 is 9.42 Å². The zero-order valence-electron chi connectivity index (χ0n) is 15.9. The van der Waals surface area contributed by atoms with Crippen LogP contribution < -0.4 is 10.2 Å². The number of rotatable bonds is 5. The summed E-state index contributed by atoms with van der Waals surface area (Å²) in [4.78, 5) is 27.2. The van der Waals surface area contributed by atoms with Gasteiger partial charge < -0.3 is 15.1 Å². The van der Waals surface area contributed by atoms with E-state index in [1.54, 1.807) is 19.0 Å². The third-order valence-electron chi connectivity index (χ3n) is 5.32. The molecule has 2 aliphatic rings. The molecule has 146 valence electrons. The van der Waals surface area contributed by atoms with Gasteiger partial charge in [0, 0.05) is 46.3 Å². The van der Waals surface area contributed by atoms with Crippen LogP contribution in [0.5, 0.6) is 0 Å². The molecule has 2 aromatic heterocycles. The van der Waals surface area contributed by atoms with E-state index in [0.717, 1.165) is 50.7 Å². The molecule has 0 atom stereocenters. The fourth-order valence-electron chi connectivity index (χ4n) is 3.66. The number of carbonyl (C=O) groups excluding carboxylic acids is 1. The maximum Gasteiger partial charge on any atom is 0.245 e. The van der Waals surface area contributed by atoms with Gasteiger partial charge in [-0.2, -0.15) is 0 Å². The van der Waals surface area contributed by atoms with Crippen molar-refractivity contribution in [2.75, 3.05) is 57.0 Å². The Bertz CT molecular complexity index is 793. The molecular weight excluding hydrogens is 348 g/mol. The van der Waals surface area contributed by atoms with Crippen molar-refractivity contribution in [1.29, 1.82) is 0 Å². The summed E-state index contributed by atoms with van der Waals surface area (Å²) in [5.74, 6) is 1.67. The van der Waals surface area contributed by atoms with Crippen molar-refractivity contribution >= 4 is 28.8 Å². The third-order valence-corrected chi connectivity index (χ3v) is 5.32. The first kappa shape index (κ1) is 17.9. The summed E-state index contributed by atoms with van der Waals surface area (Å²) in [5, 5.41) is 11.2. The highest BCUT2D eigenvalue weighted by atomic mass is 16.6.